The molecule has 146 valence electrons. The summed E-state index contributed by atoms with van der Waals surface area (Å²) in [6.45, 7) is 0.363. The lowest BCUT2D eigenvalue weighted by molar-refractivity contribution is 0.174. The second-order valence-electron chi connectivity index (χ2n) is 6.51. The van der Waals surface area contributed by atoms with Crippen LogP contribution >= 0.6 is 11.8 Å². The number of benzene rings is 2. The molecule has 0 unspecified atom stereocenters. The number of aromatic nitrogens is 2. The van der Waals surface area contributed by atoms with Gasteiger partial charge in [-0.3, -0.25) is 9.36 Å². The van der Waals surface area contributed by atoms with Crippen LogP contribution in [0.25, 0.3) is 10.9 Å². The first-order chi connectivity index (χ1) is 14.2. The van der Waals surface area contributed by atoms with Gasteiger partial charge in [-0.05, 0) is 35.9 Å². The Labute approximate surface area is 168 Å². The van der Waals surface area contributed by atoms with Crippen molar-refractivity contribution < 1.29 is 18.3 Å². The van der Waals surface area contributed by atoms with Crippen LogP contribution in [-0.4, -0.2) is 16.3 Å². The van der Waals surface area contributed by atoms with E-state index in [9.17, 15) is 9.18 Å². The van der Waals surface area contributed by atoms with Crippen molar-refractivity contribution in [3.63, 3.8) is 0 Å². The third kappa shape index (κ3) is 3.47. The lowest BCUT2D eigenvalue weighted by Gasteiger charge is -2.12. The minimum atomic E-state index is -0.296. The fraction of sp³-hybridized carbons (Fsp3) is 0.143. The van der Waals surface area contributed by atoms with Crippen molar-refractivity contribution >= 4 is 22.7 Å². The molecule has 0 aliphatic carbocycles. The number of ether oxygens (including phenoxy) is 2. The Bertz CT molecular complexity index is 1250. The van der Waals surface area contributed by atoms with Crippen molar-refractivity contribution in [2.75, 3.05) is 6.79 Å². The minimum absolute atomic E-state index is 0.118. The van der Waals surface area contributed by atoms with Gasteiger partial charge in [0.05, 0.1) is 23.7 Å². The van der Waals surface area contributed by atoms with Crippen LogP contribution in [0.2, 0.25) is 0 Å². The monoisotopic (exact) mass is 410 g/mol. The maximum atomic E-state index is 13.5. The first-order valence-corrected chi connectivity index (χ1v) is 9.90. The van der Waals surface area contributed by atoms with Crippen LogP contribution in [0.4, 0.5) is 4.39 Å². The van der Waals surface area contributed by atoms with E-state index in [1.807, 2.05) is 6.07 Å². The van der Waals surface area contributed by atoms with Crippen LogP contribution in [0.1, 0.15) is 11.3 Å². The first kappa shape index (κ1) is 17.8. The van der Waals surface area contributed by atoms with Gasteiger partial charge in [-0.1, -0.05) is 23.9 Å². The van der Waals surface area contributed by atoms with Crippen molar-refractivity contribution in [1.82, 2.24) is 9.55 Å². The molecule has 0 N–H and O–H groups in total. The van der Waals surface area contributed by atoms with Gasteiger partial charge in [-0.25, -0.2) is 9.37 Å². The van der Waals surface area contributed by atoms with Crippen LogP contribution in [0, 0.1) is 5.82 Å². The molecule has 8 heteroatoms. The van der Waals surface area contributed by atoms with Gasteiger partial charge in [0, 0.05) is 11.8 Å². The number of rotatable bonds is 5. The molecule has 0 amide bonds. The second kappa shape index (κ2) is 7.29. The van der Waals surface area contributed by atoms with Crippen molar-refractivity contribution in [2.24, 2.45) is 0 Å². The highest BCUT2D eigenvalue weighted by atomic mass is 32.2. The smallest absolute Gasteiger partial charge is 0.262 e. The molecule has 29 heavy (non-hydrogen) atoms. The van der Waals surface area contributed by atoms with Crippen LogP contribution in [-0.2, 0) is 12.3 Å². The molecule has 0 saturated carbocycles. The van der Waals surface area contributed by atoms with Gasteiger partial charge >= 0.3 is 0 Å². The van der Waals surface area contributed by atoms with E-state index in [-0.39, 0.29) is 24.7 Å². The van der Waals surface area contributed by atoms with Gasteiger partial charge in [0.25, 0.3) is 5.56 Å². The highest BCUT2D eigenvalue weighted by molar-refractivity contribution is 7.98. The van der Waals surface area contributed by atoms with Crippen LogP contribution in [0.3, 0.4) is 0 Å². The Morgan fingerprint density at radius 2 is 1.97 bits per heavy atom. The quantitative estimate of drug-likeness (QED) is 0.363. The number of hydrogen-bond acceptors (Lipinski definition) is 6. The number of furan rings is 1. The topological polar surface area (TPSA) is 66.5 Å². The average Bonchev–Trinajstić information content (AvgIpc) is 3.39. The predicted molar refractivity (Wildman–Crippen MR) is 106 cm³/mol. The highest BCUT2D eigenvalue weighted by Crippen LogP contribution is 2.35. The molecule has 4 aromatic rings. The Hall–Kier alpha value is -3.26. The van der Waals surface area contributed by atoms with Gasteiger partial charge in [0.15, 0.2) is 16.7 Å². The number of nitrogens with zero attached hydrogens (tertiary/aromatic N) is 2. The molecular weight excluding hydrogens is 395 g/mol. The van der Waals surface area contributed by atoms with Crippen LogP contribution < -0.4 is 15.0 Å². The molecule has 3 heterocycles. The molecule has 1 aliphatic heterocycles. The molecule has 0 atom stereocenters. The van der Waals surface area contributed by atoms with Crippen LogP contribution in [0.15, 0.2) is 69.2 Å². The summed E-state index contributed by atoms with van der Waals surface area (Å²) in [5.74, 6) is 1.91. The Kier molecular flexibility index (Phi) is 4.48. The Morgan fingerprint density at radius 1 is 1.10 bits per heavy atom. The van der Waals surface area contributed by atoms with Crippen molar-refractivity contribution in [3.8, 4) is 11.5 Å². The summed E-state index contributed by atoms with van der Waals surface area (Å²) < 4.78 is 31.3. The predicted octanol–water partition coefficient (Wildman–Crippen LogP) is 4.20. The number of halogens is 1. The average molecular weight is 410 g/mol. The van der Waals surface area contributed by atoms with E-state index in [0.29, 0.717) is 39.1 Å². The van der Waals surface area contributed by atoms with E-state index < -0.39 is 0 Å². The highest BCUT2D eigenvalue weighted by Gasteiger charge is 2.19. The SMILES string of the molecule is O=c1c2cc3c(cc2nc(SCc2cccc(F)c2)n1Cc1ccco1)OCO3. The van der Waals surface area contributed by atoms with Crippen molar-refractivity contribution in [3.05, 3.63) is 82.3 Å². The van der Waals surface area contributed by atoms with Gasteiger partial charge in [0.1, 0.15) is 11.6 Å². The molecule has 2 aromatic heterocycles. The summed E-state index contributed by atoms with van der Waals surface area (Å²) in [6.07, 6.45) is 1.56. The molecular formula is C21H15FN2O4S. The molecule has 0 spiro atoms. The lowest BCUT2D eigenvalue weighted by atomic mass is 10.2. The van der Waals surface area contributed by atoms with E-state index in [1.165, 1.54) is 23.9 Å². The fourth-order valence-electron chi connectivity index (χ4n) is 3.17. The van der Waals surface area contributed by atoms with Crippen molar-refractivity contribution in [2.45, 2.75) is 17.5 Å². The number of hydrogen-bond donors (Lipinski definition) is 0. The summed E-state index contributed by atoms with van der Waals surface area (Å²) in [6, 6.07) is 13.3. The third-order valence-electron chi connectivity index (χ3n) is 4.56. The summed E-state index contributed by atoms with van der Waals surface area (Å²) in [5.41, 5.74) is 1.13. The van der Waals surface area contributed by atoms with E-state index >= 15 is 0 Å². The zero-order chi connectivity index (χ0) is 19.8. The van der Waals surface area contributed by atoms with Gasteiger partial charge < -0.3 is 13.9 Å². The first-order valence-electron chi connectivity index (χ1n) is 8.91. The third-order valence-corrected chi connectivity index (χ3v) is 5.61. The van der Waals surface area contributed by atoms with E-state index in [2.05, 4.69) is 4.98 Å². The second-order valence-corrected chi connectivity index (χ2v) is 7.45. The summed E-state index contributed by atoms with van der Waals surface area (Å²) in [4.78, 5) is 17.9. The van der Waals surface area contributed by atoms with E-state index in [4.69, 9.17) is 13.9 Å². The molecule has 5 rings (SSSR count). The molecule has 2 aromatic carbocycles. The largest absolute Gasteiger partial charge is 0.467 e. The maximum Gasteiger partial charge on any atom is 0.262 e. The Balaban J connectivity index is 1.59. The zero-order valence-corrected chi connectivity index (χ0v) is 15.9. The van der Waals surface area contributed by atoms with Crippen molar-refractivity contribution in [1.29, 1.82) is 0 Å². The number of thioether (sulfide) groups is 1. The maximum absolute atomic E-state index is 13.5. The lowest BCUT2D eigenvalue weighted by Crippen LogP contribution is -2.23. The molecule has 0 saturated heterocycles. The zero-order valence-electron chi connectivity index (χ0n) is 15.1. The fourth-order valence-corrected chi connectivity index (χ4v) is 4.11. The van der Waals surface area contributed by atoms with Gasteiger partial charge in [0.2, 0.25) is 6.79 Å². The summed E-state index contributed by atoms with van der Waals surface area (Å²) in [5, 5.41) is 0.956. The normalized spacial score (nSPS) is 12.6. The summed E-state index contributed by atoms with van der Waals surface area (Å²) >= 11 is 1.36. The van der Waals surface area contributed by atoms with Gasteiger partial charge in [-0.2, -0.15) is 0 Å². The standard InChI is InChI=1S/C21H15FN2O4S/c22-14-4-1-3-13(7-14)11-29-21-23-17-9-19-18(27-12-28-19)8-16(17)20(25)24(21)10-15-5-2-6-26-15/h1-9H,10-12H2. The minimum Gasteiger partial charge on any atom is -0.467 e. The molecule has 0 radical (unpaired) electrons. The molecule has 1 aliphatic rings. The van der Waals surface area contributed by atoms with E-state index in [0.717, 1.165) is 5.56 Å². The van der Waals surface area contributed by atoms with Crippen LogP contribution in [0.5, 0.6) is 11.5 Å². The van der Waals surface area contributed by atoms with E-state index in [1.54, 1.807) is 41.2 Å². The molecule has 0 bridgehead atoms. The summed E-state index contributed by atoms with van der Waals surface area (Å²) in [7, 11) is 0. The molecule has 6 nitrogen and oxygen atoms in total. The van der Waals surface area contributed by atoms with Gasteiger partial charge in [-0.15, -0.1) is 0 Å². The number of fused-ring (bicyclic) bond motifs is 2. The molecule has 0 fully saturated rings. The Morgan fingerprint density at radius 3 is 2.76 bits per heavy atom.